The molecule has 3 aromatic rings. The number of nitrogens with one attached hydrogen (secondary N) is 2. The normalized spacial score (nSPS) is 19.0. The highest BCUT2D eigenvalue weighted by molar-refractivity contribution is 8.00. The van der Waals surface area contributed by atoms with Gasteiger partial charge in [0.1, 0.15) is 6.10 Å². The first-order valence-electron chi connectivity index (χ1n) is 8.03. The van der Waals surface area contributed by atoms with Crippen LogP contribution in [0.1, 0.15) is 42.1 Å². The number of hydrogen-bond acceptors (Lipinski definition) is 5. The van der Waals surface area contributed by atoms with Crippen LogP contribution in [0.3, 0.4) is 0 Å². The predicted octanol–water partition coefficient (Wildman–Crippen LogP) is 3.50. The first kappa shape index (κ1) is 15.4. The fourth-order valence-corrected chi connectivity index (χ4v) is 3.75. The zero-order chi connectivity index (χ0) is 16.5. The van der Waals surface area contributed by atoms with E-state index in [2.05, 4.69) is 20.2 Å². The maximum Gasteiger partial charge on any atom is 0.209 e. The van der Waals surface area contributed by atoms with Crippen molar-refractivity contribution in [1.29, 1.82) is 0 Å². The number of benzene rings is 1. The molecule has 7 heteroatoms. The van der Waals surface area contributed by atoms with Gasteiger partial charge in [-0.15, -0.1) is 5.10 Å². The Balaban J connectivity index is 1.49. The van der Waals surface area contributed by atoms with E-state index in [0.29, 0.717) is 10.7 Å². The molecular formula is C17H18N4O2S. The quantitative estimate of drug-likeness (QED) is 0.548. The molecule has 1 saturated heterocycles. The van der Waals surface area contributed by atoms with Crippen molar-refractivity contribution < 1.29 is 9.53 Å². The van der Waals surface area contributed by atoms with Crippen LogP contribution in [0.2, 0.25) is 0 Å². The number of aromatic nitrogens is 4. The minimum absolute atomic E-state index is 0.00600. The number of aromatic amines is 2. The zero-order valence-electron chi connectivity index (χ0n) is 13.3. The summed E-state index contributed by atoms with van der Waals surface area (Å²) in [7, 11) is 0. The molecule has 6 nitrogen and oxygen atoms in total. The third-order valence-corrected chi connectivity index (χ3v) is 5.18. The van der Waals surface area contributed by atoms with Gasteiger partial charge in [0.2, 0.25) is 5.16 Å². The van der Waals surface area contributed by atoms with Crippen LogP contribution in [0, 0.1) is 0 Å². The number of nitrogens with zero attached hydrogens (tertiary/aromatic N) is 2. The summed E-state index contributed by atoms with van der Waals surface area (Å²) in [5, 5.41) is 8.41. The minimum atomic E-state index is -0.266. The van der Waals surface area contributed by atoms with Crippen LogP contribution >= 0.6 is 11.8 Å². The summed E-state index contributed by atoms with van der Waals surface area (Å²) in [4.78, 5) is 20.4. The third-order valence-electron chi connectivity index (χ3n) is 4.22. The Labute approximate surface area is 143 Å². The van der Waals surface area contributed by atoms with Crippen LogP contribution in [0.15, 0.2) is 35.6 Å². The fraction of sp³-hybridized carbons (Fsp3) is 0.353. The van der Waals surface area contributed by atoms with E-state index in [9.17, 15) is 4.79 Å². The summed E-state index contributed by atoms with van der Waals surface area (Å²) in [5.41, 5.74) is 1.68. The second kappa shape index (κ2) is 6.41. The summed E-state index contributed by atoms with van der Waals surface area (Å²) in [6.07, 6.45) is 3.79. The molecule has 124 valence electrons. The van der Waals surface area contributed by atoms with Crippen molar-refractivity contribution in [2.45, 2.75) is 36.3 Å². The van der Waals surface area contributed by atoms with Crippen molar-refractivity contribution in [2.24, 2.45) is 0 Å². The topological polar surface area (TPSA) is 83.7 Å². The van der Waals surface area contributed by atoms with Crippen LogP contribution in [0.5, 0.6) is 0 Å². The molecule has 3 heterocycles. The van der Waals surface area contributed by atoms with E-state index in [4.69, 9.17) is 4.74 Å². The number of ketones is 1. The molecule has 1 aromatic carbocycles. The molecule has 0 saturated carbocycles. The Morgan fingerprint density at radius 1 is 1.42 bits per heavy atom. The van der Waals surface area contributed by atoms with Gasteiger partial charge in [0, 0.05) is 29.3 Å². The van der Waals surface area contributed by atoms with E-state index >= 15 is 0 Å². The van der Waals surface area contributed by atoms with E-state index in [1.807, 2.05) is 31.2 Å². The summed E-state index contributed by atoms with van der Waals surface area (Å²) in [6.45, 7) is 2.65. The van der Waals surface area contributed by atoms with Gasteiger partial charge in [-0.3, -0.25) is 9.89 Å². The number of Topliss-reactive ketones (excluding diaryl/α,β-unsaturated/α-hetero) is 1. The molecule has 0 radical (unpaired) electrons. The van der Waals surface area contributed by atoms with Crippen molar-refractivity contribution >= 4 is 28.4 Å². The van der Waals surface area contributed by atoms with Crippen LogP contribution in [0.4, 0.5) is 0 Å². The average molecular weight is 342 g/mol. The van der Waals surface area contributed by atoms with Crippen molar-refractivity contribution in [2.75, 3.05) is 6.61 Å². The number of thioether (sulfide) groups is 1. The molecule has 1 aliphatic heterocycles. The second-order valence-electron chi connectivity index (χ2n) is 5.88. The molecular weight excluding hydrogens is 324 g/mol. The van der Waals surface area contributed by atoms with Gasteiger partial charge in [0.25, 0.3) is 0 Å². The van der Waals surface area contributed by atoms with Crippen molar-refractivity contribution in [1.82, 2.24) is 20.2 Å². The SMILES string of the molecule is C[C@H](Sc1n[nH]c([C@H]2CCCO2)n1)C(=O)c1c[nH]c2ccccc12. The Hall–Kier alpha value is -2.12. The maximum atomic E-state index is 12.8. The van der Waals surface area contributed by atoms with E-state index in [0.717, 1.165) is 36.2 Å². The lowest BCUT2D eigenvalue weighted by Crippen LogP contribution is -2.13. The summed E-state index contributed by atoms with van der Waals surface area (Å²) in [6, 6.07) is 7.81. The Morgan fingerprint density at radius 2 is 2.29 bits per heavy atom. The lowest BCUT2D eigenvalue weighted by molar-refractivity contribution is 0.0995. The van der Waals surface area contributed by atoms with Gasteiger partial charge in [-0.25, -0.2) is 4.98 Å². The molecule has 0 unspecified atom stereocenters. The lowest BCUT2D eigenvalue weighted by atomic mass is 10.1. The number of H-pyrrole nitrogens is 2. The van der Waals surface area contributed by atoms with E-state index < -0.39 is 0 Å². The molecule has 2 atom stereocenters. The average Bonchev–Trinajstić information content (AvgIpc) is 3.33. The largest absolute Gasteiger partial charge is 0.370 e. The van der Waals surface area contributed by atoms with Gasteiger partial charge in [-0.05, 0) is 25.8 Å². The minimum Gasteiger partial charge on any atom is -0.370 e. The van der Waals surface area contributed by atoms with E-state index in [-0.39, 0.29) is 17.1 Å². The van der Waals surface area contributed by atoms with E-state index in [1.165, 1.54) is 11.8 Å². The van der Waals surface area contributed by atoms with Gasteiger partial charge in [0.05, 0.1) is 5.25 Å². The van der Waals surface area contributed by atoms with Crippen molar-refractivity contribution in [3.8, 4) is 0 Å². The standard InChI is InChI=1S/C17H18N4O2S/c1-10(15(22)12-9-18-13-6-3-2-5-11(12)13)24-17-19-16(20-21-17)14-7-4-8-23-14/h2-3,5-6,9-10,14,18H,4,7-8H2,1H3,(H,19,20,21)/t10-,14+/m0/s1. The third kappa shape index (κ3) is 2.85. The first-order valence-corrected chi connectivity index (χ1v) is 8.91. The molecule has 0 spiro atoms. The number of hydrogen-bond donors (Lipinski definition) is 2. The van der Waals surface area contributed by atoms with Crippen LogP contribution < -0.4 is 0 Å². The van der Waals surface area contributed by atoms with Gasteiger partial charge in [-0.2, -0.15) is 0 Å². The summed E-state index contributed by atoms with van der Waals surface area (Å²) < 4.78 is 5.60. The number of carbonyl (C=O) groups excluding carboxylic acids is 1. The van der Waals surface area contributed by atoms with Crippen molar-refractivity contribution in [3.05, 3.63) is 41.9 Å². The molecule has 24 heavy (non-hydrogen) atoms. The summed E-state index contributed by atoms with van der Waals surface area (Å²) >= 11 is 1.37. The number of para-hydroxylation sites is 1. The molecule has 4 rings (SSSR count). The molecule has 1 aliphatic rings. The lowest BCUT2D eigenvalue weighted by Gasteiger charge is -2.07. The number of ether oxygens (including phenoxy) is 1. The first-order chi connectivity index (χ1) is 11.7. The highest BCUT2D eigenvalue weighted by Gasteiger charge is 2.24. The molecule has 0 aliphatic carbocycles. The highest BCUT2D eigenvalue weighted by atomic mass is 32.2. The van der Waals surface area contributed by atoms with Gasteiger partial charge in [-0.1, -0.05) is 30.0 Å². The van der Waals surface area contributed by atoms with Crippen LogP contribution in [0.25, 0.3) is 10.9 Å². The molecule has 2 N–H and O–H groups in total. The highest BCUT2D eigenvalue weighted by Crippen LogP contribution is 2.29. The molecule has 1 fully saturated rings. The Kier molecular flexibility index (Phi) is 4.12. The Morgan fingerprint density at radius 3 is 3.12 bits per heavy atom. The Bertz CT molecular complexity index is 866. The van der Waals surface area contributed by atoms with Crippen molar-refractivity contribution in [3.63, 3.8) is 0 Å². The molecule has 2 aromatic heterocycles. The predicted molar refractivity (Wildman–Crippen MR) is 92.3 cm³/mol. The molecule has 0 bridgehead atoms. The van der Waals surface area contributed by atoms with E-state index in [1.54, 1.807) is 6.20 Å². The maximum absolute atomic E-state index is 12.8. The van der Waals surface area contributed by atoms with Gasteiger partial charge >= 0.3 is 0 Å². The van der Waals surface area contributed by atoms with Gasteiger partial charge < -0.3 is 9.72 Å². The molecule has 0 amide bonds. The van der Waals surface area contributed by atoms with Crippen LogP contribution in [-0.2, 0) is 4.74 Å². The monoisotopic (exact) mass is 342 g/mol. The van der Waals surface area contributed by atoms with Crippen LogP contribution in [-0.4, -0.2) is 37.8 Å². The smallest absolute Gasteiger partial charge is 0.209 e. The number of carbonyl (C=O) groups is 1. The zero-order valence-corrected chi connectivity index (χ0v) is 14.1. The fourth-order valence-electron chi connectivity index (χ4n) is 2.95. The van der Waals surface area contributed by atoms with Gasteiger partial charge in [0.15, 0.2) is 11.6 Å². The second-order valence-corrected chi connectivity index (χ2v) is 7.19. The summed E-state index contributed by atoms with van der Waals surface area (Å²) in [5.74, 6) is 0.822. The number of rotatable bonds is 5. The number of fused-ring (bicyclic) bond motifs is 1.